The fraction of sp³-hybridized carbons (Fsp3) is 0.0755. The number of thiophene rings is 1. The molecule has 4 heterocycles. The van der Waals surface area contributed by atoms with Gasteiger partial charge in [0.2, 0.25) is 0 Å². The molecule has 0 saturated heterocycles. The van der Waals surface area contributed by atoms with E-state index in [0.29, 0.717) is 17.5 Å². The third kappa shape index (κ3) is 5.74. The summed E-state index contributed by atoms with van der Waals surface area (Å²) in [6.45, 7) is 0. The minimum absolute atomic E-state index is 0.0984. The Bertz CT molecular complexity index is 3370. The van der Waals surface area contributed by atoms with Crippen molar-refractivity contribution in [3.63, 3.8) is 0 Å². The van der Waals surface area contributed by atoms with E-state index in [1.165, 1.54) is 42.7 Å². The zero-order chi connectivity index (χ0) is 39.7. The normalized spacial score (nSPS) is 15.8. The fourth-order valence-electron chi connectivity index (χ4n) is 9.25. The van der Waals surface area contributed by atoms with Gasteiger partial charge >= 0.3 is 334 Å². The van der Waals surface area contributed by atoms with Crippen LogP contribution in [0.25, 0.3) is 87.4 Å². The summed E-state index contributed by atoms with van der Waals surface area (Å²) >= 11 is 1.72. The van der Waals surface area contributed by atoms with Crippen LogP contribution in [0.4, 0.5) is 11.4 Å². The van der Waals surface area contributed by atoms with E-state index in [1.807, 2.05) is 35.6 Å². The molecule has 12 rings (SSSR count). The second-order valence-electron chi connectivity index (χ2n) is 15.4. The summed E-state index contributed by atoms with van der Waals surface area (Å²) in [5.74, 6) is 2.16. The van der Waals surface area contributed by atoms with Gasteiger partial charge in [-0.3, -0.25) is 0 Å². The molecule has 60 heavy (non-hydrogen) atoms. The molecular formula is C53H36IN4OS-. The molecule has 7 aromatic carbocycles. The van der Waals surface area contributed by atoms with Crippen molar-refractivity contribution in [1.82, 2.24) is 15.0 Å². The Morgan fingerprint density at radius 1 is 0.583 bits per heavy atom. The summed E-state index contributed by atoms with van der Waals surface area (Å²) in [6.07, 6.45) is 9.16. The molecule has 0 radical (unpaired) electrons. The van der Waals surface area contributed by atoms with Crippen LogP contribution in [0, 0.1) is 0 Å². The monoisotopic (exact) mass is 903 g/mol. The van der Waals surface area contributed by atoms with Gasteiger partial charge in [0.05, 0.1) is 0 Å². The molecule has 0 bridgehead atoms. The Hall–Kier alpha value is -6.42. The number of benzene rings is 7. The molecule has 3 aromatic heterocycles. The quantitative estimate of drug-likeness (QED) is 0.118. The SMILES string of the molecule is C[I-]Cc1c(N2c3cc4oc5ccccc5c4cc3C3C=CC=CC32)cc(-c2nc(-c3ccccc3)nc(-c3cccc(-c4ccccc4)c3)n2)c2sc3ccccc3c12. The zero-order valence-corrected chi connectivity index (χ0v) is 35.6. The second-order valence-corrected chi connectivity index (χ2v) is 18.7. The summed E-state index contributed by atoms with van der Waals surface area (Å²) in [5.41, 5.74) is 12.1. The van der Waals surface area contributed by atoms with Crippen LogP contribution < -0.4 is 26.1 Å². The van der Waals surface area contributed by atoms with Gasteiger partial charge in [0.15, 0.2) is 0 Å². The van der Waals surface area contributed by atoms with Crippen molar-refractivity contribution in [3.05, 3.63) is 187 Å². The van der Waals surface area contributed by atoms with E-state index < -0.39 is 0 Å². The van der Waals surface area contributed by atoms with Crippen LogP contribution in [-0.4, -0.2) is 25.9 Å². The van der Waals surface area contributed by atoms with E-state index in [1.54, 1.807) is 0 Å². The first-order chi connectivity index (χ1) is 29.7. The first-order valence-corrected chi connectivity index (χ1v) is 24.7. The predicted octanol–water partition coefficient (Wildman–Crippen LogP) is 10.8. The molecule has 2 unspecified atom stereocenters. The topological polar surface area (TPSA) is 55.1 Å². The van der Waals surface area contributed by atoms with Crippen molar-refractivity contribution in [2.75, 3.05) is 9.83 Å². The molecule has 7 heteroatoms. The second kappa shape index (κ2) is 14.4. The van der Waals surface area contributed by atoms with Gasteiger partial charge in [0.25, 0.3) is 0 Å². The molecular weight excluding hydrogens is 868 g/mol. The number of halogens is 1. The number of allylic oxidation sites excluding steroid dienone is 2. The number of hydrogen-bond donors (Lipinski definition) is 0. The molecule has 5 nitrogen and oxygen atoms in total. The first-order valence-electron chi connectivity index (χ1n) is 20.2. The third-order valence-electron chi connectivity index (χ3n) is 11.9. The summed E-state index contributed by atoms with van der Waals surface area (Å²) in [7, 11) is 0. The number of para-hydroxylation sites is 1. The Labute approximate surface area is 361 Å². The van der Waals surface area contributed by atoms with Gasteiger partial charge < -0.3 is 0 Å². The van der Waals surface area contributed by atoms with E-state index in [0.717, 1.165) is 54.2 Å². The van der Waals surface area contributed by atoms with Crippen molar-refractivity contribution >= 4 is 64.8 Å². The van der Waals surface area contributed by atoms with Crippen LogP contribution in [0.5, 0.6) is 0 Å². The van der Waals surface area contributed by atoms with E-state index >= 15 is 0 Å². The maximum atomic E-state index is 6.57. The van der Waals surface area contributed by atoms with Crippen molar-refractivity contribution in [2.45, 2.75) is 16.4 Å². The van der Waals surface area contributed by atoms with Crippen molar-refractivity contribution in [3.8, 4) is 45.3 Å². The molecule has 2 atom stereocenters. The molecule has 0 amide bonds. The standard InChI is InChI=1S/C53H36IN4OS/c1-54-31-42-44(58-43-24-11-8-21-36(43)39-28-40-37-22-9-12-25-46(37)59-47(40)30-45(39)58)29-41(50-49(42)38-23-10-13-26-48(38)60-50)53-56-51(33-17-6-3-7-18-33)55-52(57-53)35-20-14-19-34(27-35)32-15-4-2-5-16-32/h2-30,36,43H,31H2,1H3/q-1. The van der Waals surface area contributed by atoms with Crippen molar-refractivity contribution in [2.24, 2.45) is 0 Å². The van der Waals surface area contributed by atoms with Gasteiger partial charge in [0, 0.05) is 0 Å². The van der Waals surface area contributed by atoms with Gasteiger partial charge in [-0.1, -0.05) is 30.3 Å². The molecule has 0 N–H and O–H groups in total. The molecule has 1 aliphatic carbocycles. The Morgan fingerprint density at radius 3 is 2.10 bits per heavy atom. The molecule has 1 aliphatic heterocycles. The molecule has 0 saturated carbocycles. The summed E-state index contributed by atoms with van der Waals surface area (Å²) < 4.78 is 10.1. The van der Waals surface area contributed by atoms with Gasteiger partial charge in [-0.25, -0.2) is 0 Å². The number of rotatable bonds is 7. The molecule has 288 valence electrons. The number of hydrogen-bond acceptors (Lipinski definition) is 6. The molecule has 0 fully saturated rings. The number of aromatic nitrogens is 3. The van der Waals surface area contributed by atoms with Crippen LogP contribution in [0.3, 0.4) is 0 Å². The number of anilines is 2. The van der Waals surface area contributed by atoms with Crippen LogP contribution in [0.15, 0.2) is 180 Å². The Kier molecular flexibility index (Phi) is 8.52. The fourth-order valence-corrected chi connectivity index (χ4v) is 12.0. The average molecular weight is 904 g/mol. The molecule has 2 aliphatic rings. The summed E-state index contributed by atoms with van der Waals surface area (Å²) in [4.78, 5) is 21.0. The minimum atomic E-state index is -0.121. The van der Waals surface area contributed by atoms with Crippen LogP contribution in [0.1, 0.15) is 17.0 Å². The Morgan fingerprint density at radius 2 is 1.27 bits per heavy atom. The number of fused-ring (bicyclic) bond motifs is 9. The Balaban J connectivity index is 1.14. The van der Waals surface area contributed by atoms with Crippen LogP contribution in [-0.2, 0) is 4.43 Å². The summed E-state index contributed by atoms with van der Waals surface area (Å²) in [6, 6.07) is 53.8. The van der Waals surface area contributed by atoms with Crippen molar-refractivity contribution in [1.29, 1.82) is 0 Å². The van der Waals surface area contributed by atoms with Crippen LogP contribution >= 0.6 is 11.3 Å². The number of furan rings is 1. The average Bonchev–Trinajstić information content (AvgIpc) is 3.98. The van der Waals surface area contributed by atoms with E-state index in [-0.39, 0.29) is 33.2 Å². The molecule has 0 spiro atoms. The number of nitrogens with zero attached hydrogens (tertiary/aromatic N) is 4. The summed E-state index contributed by atoms with van der Waals surface area (Å²) in [5, 5.41) is 4.91. The van der Waals surface area contributed by atoms with Gasteiger partial charge in [0.1, 0.15) is 0 Å². The molecule has 10 aromatic rings. The van der Waals surface area contributed by atoms with E-state index in [2.05, 4.69) is 162 Å². The zero-order valence-electron chi connectivity index (χ0n) is 32.6. The number of alkyl halides is 2. The van der Waals surface area contributed by atoms with E-state index in [9.17, 15) is 0 Å². The first kappa shape index (κ1) is 35.5. The van der Waals surface area contributed by atoms with Crippen LogP contribution in [0.2, 0.25) is 0 Å². The van der Waals surface area contributed by atoms with E-state index in [4.69, 9.17) is 19.4 Å². The predicted molar refractivity (Wildman–Crippen MR) is 245 cm³/mol. The maximum absolute atomic E-state index is 6.57. The van der Waals surface area contributed by atoms with Gasteiger partial charge in [-0.2, -0.15) is 0 Å². The third-order valence-corrected chi connectivity index (χ3v) is 14.7. The van der Waals surface area contributed by atoms with Crippen molar-refractivity contribution < 1.29 is 25.6 Å². The van der Waals surface area contributed by atoms with Gasteiger partial charge in [-0.15, -0.1) is 0 Å². The van der Waals surface area contributed by atoms with Gasteiger partial charge in [-0.05, 0) is 0 Å².